The van der Waals surface area contributed by atoms with Crippen LogP contribution in [-0.4, -0.2) is 11.8 Å². The van der Waals surface area contributed by atoms with Crippen LogP contribution in [-0.2, 0) is 4.79 Å². The first-order chi connectivity index (χ1) is 12.6. The second kappa shape index (κ2) is 8.77. The zero-order chi connectivity index (χ0) is 18.4. The number of benzene rings is 2. The highest BCUT2D eigenvalue weighted by atomic mass is 127. The minimum Gasteiger partial charge on any atom is -0.321 e. The molecular weight excluding hydrogens is 459 g/mol. The van der Waals surface area contributed by atoms with Crippen LogP contribution in [0.5, 0.6) is 0 Å². The molecule has 2 N–H and O–H groups in total. The van der Waals surface area contributed by atoms with E-state index in [-0.39, 0.29) is 17.5 Å². The van der Waals surface area contributed by atoms with E-state index in [9.17, 15) is 9.59 Å². The van der Waals surface area contributed by atoms with Gasteiger partial charge in [0.15, 0.2) is 0 Å². The van der Waals surface area contributed by atoms with Crippen LogP contribution >= 0.6 is 33.9 Å². The molecule has 6 heteroatoms. The van der Waals surface area contributed by atoms with Crippen molar-refractivity contribution in [2.24, 2.45) is 0 Å². The molecule has 0 bridgehead atoms. The van der Waals surface area contributed by atoms with Crippen LogP contribution < -0.4 is 10.6 Å². The number of anilines is 1. The highest BCUT2D eigenvalue weighted by Crippen LogP contribution is 2.16. The average Bonchev–Trinajstić information content (AvgIpc) is 3.17. The van der Waals surface area contributed by atoms with Crippen LogP contribution in [0.3, 0.4) is 0 Å². The molecule has 0 aliphatic rings. The van der Waals surface area contributed by atoms with Crippen molar-refractivity contribution >= 4 is 57.5 Å². The van der Waals surface area contributed by atoms with Crippen molar-refractivity contribution in [3.05, 3.63) is 91.8 Å². The molecule has 1 heterocycles. The van der Waals surface area contributed by atoms with E-state index in [1.54, 1.807) is 30.3 Å². The largest absolute Gasteiger partial charge is 0.321 e. The van der Waals surface area contributed by atoms with Gasteiger partial charge in [-0.05, 0) is 76.5 Å². The molecule has 0 aliphatic carbocycles. The van der Waals surface area contributed by atoms with E-state index in [4.69, 9.17) is 0 Å². The van der Waals surface area contributed by atoms with E-state index in [2.05, 4.69) is 33.2 Å². The van der Waals surface area contributed by atoms with Crippen molar-refractivity contribution in [1.82, 2.24) is 5.32 Å². The van der Waals surface area contributed by atoms with E-state index >= 15 is 0 Å². The monoisotopic (exact) mass is 474 g/mol. The van der Waals surface area contributed by atoms with Gasteiger partial charge in [0.1, 0.15) is 5.70 Å². The predicted octanol–water partition coefficient (Wildman–Crippen LogP) is 4.76. The Morgan fingerprint density at radius 2 is 1.65 bits per heavy atom. The third-order valence-electron chi connectivity index (χ3n) is 3.46. The molecule has 0 fully saturated rings. The molecule has 26 heavy (non-hydrogen) atoms. The number of rotatable bonds is 5. The zero-order valence-electron chi connectivity index (χ0n) is 13.6. The molecule has 0 saturated heterocycles. The second-order valence-corrected chi connectivity index (χ2v) is 7.58. The zero-order valence-corrected chi connectivity index (χ0v) is 16.6. The summed E-state index contributed by atoms with van der Waals surface area (Å²) in [5.41, 5.74) is 1.35. The number of thiophene rings is 1. The van der Waals surface area contributed by atoms with Crippen molar-refractivity contribution in [3.63, 3.8) is 0 Å². The first-order valence-corrected chi connectivity index (χ1v) is 9.76. The smallest absolute Gasteiger partial charge is 0.272 e. The van der Waals surface area contributed by atoms with Gasteiger partial charge in [0.25, 0.3) is 11.8 Å². The van der Waals surface area contributed by atoms with Crippen LogP contribution in [0.25, 0.3) is 6.08 Å². The number of amides is 2. The maximum Gasteiger partial charge on any atom is 0.272 e. The number of hydrogen-bond donors (Lipinski definition) is 2. The summed E-state index contributed by atoms with van der Waals surface area (Å²) in [4.78, 5) is 26.0. The van der Waals surface area contributed by atoms with E-state index in [0.717, 1.165) is 8.45 Å². The summed E-state index contributed by atoms with van der Waals surface area (Å²) in [6.07, 6.45) is 1.67. The van der Waals surface area contributed by atoms with Crippen molar-refractivity contribution in [2.75, 3.05) is 5.32 Å². The first kappa shape index (κ1) is 18.3. The summed E-state index contributed by atoms with van der Waals surface area (Å²) in [6, 6.07) is 20.0. The lowest BCUT2D eigenvalue weighted by atomic mass is 10.2. The summed E-state index contributed by atoms with van der Waals surface area (Å²) in [7, 11) is 0. The van der Waals surface area contributed by atoms with Gasteiger partial charge in [-0.3, -0.25) is 9.59 Å². The maximum atomic E-state index is 12.7. The van der Waals surface area contributed by atoms with E-state index < -0.39 is 0 Å². The van der Waals surface area contributed by atoms with Crippen molar-refractivity contribution < 1.29 is 9.59 Å². The number of carbonyl (C=O) groups is 2. The Hall–Kier alpha value is -2.45. The molecule has 0 atom stereocenters. The molecule has 0 aliphatic heterocycles. The van der Waals surface area contributed by atoms with Crippen LogP contribution in [0.1, 0.15) is 15.2 Å². The quantitative estimate of drug-likeness (QED) is 0.414. The van der Waals surface area contributed by atoms with Gasteiger partial charge in [0.05, 0.1) is 0 Å². The fraction of sp³-hybridized carbons (Fsp3) is 0. The van der Waals surface area contributed by atoms with E-state index in [1.807, 2.05) is 47.8 Å². The molecule has 2 aromatic carbocycles. The summed E-state index contributed by atoms with van der Waals surface area (Å²) in [6.45, 7) is 0. The molecular formula is C20H15IN2O2S. The molecule has 3 rings (SSSR count). The van der Waals surface area contributed by atoms with Crippen molar-refractivity contribution in [1.29, 1.82) is 0 Å². The molecule has 3 aromatic rings. The molecule has 0 spiro atoms. The Bertz CT molecular complexity index is 920. The molecule has 0 unspecified atom stereocenters. The van der Waals surface area contributed by atoms with Gasteiger partial charge in [0, 0.05) is 19.7 Å². The lowest BCUT2D eigenvalue weighted by Gasteiger charge is -2.11. The Balaban J connectivity index is 1.82. The number of carbonyl (C=O) groups excluding carboxylic acids is 2. The molecule has 1 aromatic heterocycles. The average molecular weight is 474 g/mol. The van der Waals surface area contributed by atoms with E-state index in [0.29, 0.717) is 11.3 Å². The van der Waals surface area contributed by atoms with Gasteiger partial charge in [-0.1, -0.05) is 24.3 Å². The summed E-state index contributed by atoms with van der Waals surface area (Å²) in [5.74, 6) is -0.699. The molecule has 2 amide bonds. The second-order valence-electron chi connectivity index (χ2n) is 5.35. The normalized spacial score (nSPS) is 11.0. The minimum atomic E-state index is -0.371. The van der Waals surface area contributed by atoms with E-state index in [1.165, 1.54) is 11.3 Å². The predicted molar refractivity (Wildman–Crippen MR) is 114 cm³/mol. The number of nitrogens with one attached hydrogen (secondary N) is 2. The number of hydrogen-bond acceptors (Lipinski definition) is 3. The third kappa shape index (κ3) is 5.03. The summed E-state index contributed by atoms with van der Waals surface area (Å²) >= 11 is 3.69. The Labute approximate surface area is 169 Å². The Morgan fingerprint density at radius 3 is 2.31 bits per heavy atom. The molecule has 0 saturated carbocycles. The first-order valence-electron chi connectivity index (χ1n) is 7.80. The maximum absolute atomic E-state index is 12.7. The summed E-state index contributed by atoms with van der Waals surface area (Å²) < 4.78 is 1.08. The topological polar surface area (TPSA) is 58.2 Å². The van der Waals surface area contributed by atoms with Crippen LogP contribution in [0, 0.1) is 3.57 Å². The Kier molecular flexibility index (Phi) is 6.19. The van der Waals surface area contributed by atoms with Gasteiger partial charge in [-0.15, -0.1) is 11.3 Å². The van der Waals surface area contributed by atoms with Crippen LogP contribution in [0.2, 0.25) is 0 Å². The highest BCUT2D eigenvalue weighted by Gasteiger charge is 2.15. The van der Waals surface area contributed by atoms with Crippen molar-refractivity contribution in [2.45, 2.75) is 0 Å². The fourth-order valence-corrected chi connectivity index (χ4v) is 3.21. The highest BCUT2D eigenvalue weighted by molar-refractivity contribution is 14.1. The van der Waals surface area contributed by atoms with Crippen LogP contribution in [0.15, 0.2) is 77.8 Å². The lowest BCUT2D eigenvalue weighted by Crippen LogP contribution is -2.30. The van der Waals surface area contributed by atoms with Gasteiger partial charge >= 0.3 is 0 Å². The standard InChI is InChI=1S/C20H15IN2O2S/c21-15-8-10-16(11-9-15)22-20(25)18(13-17-7-4-12-26-17)23-19(24)14-5-2-1-3-6-14/h1-13H,(H,22,25)(H,23,24)/b18-13-. The SMILES string of the molecule is O=C(Nc1ccc(I)cc1)/C(=C/c1cccs1)NC(=O)c1ccccc1. The lowest BCUT2D eigenvalue weighted by molar-refractivity contribution is -0.113. The Morgan fingerprint density at radius 1 is 0.923 bits per heavy atom. The third-order valence-corrected chi connectivity index (χ3v) is 5.00. The molecule has 4 nitrogen and oxygen atoms in total. The van der Waals surface area contributed by atoms with Crippen molar-refractivity contribution in [3.8, 4) is 0 Å². The molecule has 0 radical (unpaired) electrons. The fourth-order valence-electron chi connectivity index (χ4n) is 2.19. The van der Waals surface area contributed by atoms with Gasteiger partial charge in [-0.2, -0.15) is 0 Å². The van der Waals surface area contributed by atoms with Gasteiger partial charge < -0.3 is 10.6 Å². The molecule has 130 valence electrons. The van der Waals surface area contributed by atoms with Crippen LogP contribution in [0.4, 0.5) is 5.69 Å². The van der Waals surface area contributed by atoms with Gasteiger partial charge in [-0.25, -0.2) is 0 Å². The minimum absolute atomic E-state index is 0.194. The van der Waals surface area contributed by atoms with Gasteiger partial charge in [0.2, 0.25) is 0 Å². The summed E-state index contributed by atoms with van der Waals surface area (Å²) in [5, 5.41) is 7.45. The number of halogens is 1.